The summed E-state index contributed by atoms with van der Waals surface area (Å²) in [5.41, 5.74) is 3.06. The lowest BCUT2D eigenvalue weighted by Gasteiger charge is -2.26. The Morgan fingerprint density at radius 1 is 1.23 bits per heavy atom. The summed E-state index contributed by atoms with van der Waals surface area (Å²) in [6.45, 7) is 7.59. The molecule has 1 heterocycles. The largest absolute Gasteiger partial charge is 0.481 e. The topological polar surface area (TPSA) is 75.4 Å². The fraction of sp³-hybridized carbons (Fsp3) is 0.421. The molecule has 1 N–H and O–H groups in total. The average Bonchev–Trinajstić information content (AvgIpc) is 2.83. The maximum atomic E-state index is 13.1. The number of hydrogen-bond acceptors (Lipinski definition) is 3. The number of benzene rings is 1. The maximum absolute atomic E-state index is 13.1. The predicted molar refractivity (Wildman–Crippen MR) is 95.8 cm³/mol. The molecule has 0 radical (unpaired) electrons. The van der Waals surface area contributed by atoms with Gasteiger partial charge < -0.3 is 10.0 Å². The lowest BCUT2D eigenvalue weighted by Crippen LogP contribution is -2.39. The molecule has 0 aliphatic heterocycles. The molecule has 1 amide bonds. The van der Waals surface area contributed by atoms with Gasteiger partial charge in [0.2, 0.25) is 5.91 Å². The summed E-state index contributed by atoms with van der Waals surface area (Å²) in [6, 6.07) is 5.91. The van der Waals surface area contributed by atoms with E-state index in [0.717, 1.165) is 22.6 Å². The second-order valence-corrected chi connectivity index (χ2v) is 6.54. The lowest BCUT2D eigenvalue weighted by atomic mass is 10.1. The van der Waals surface area contributed by atoms with Crippen molar-refractivity contribution in [2.75, 3.05) is 6.54 Å². The predicted octanol–water partition coefficient (Wildman–Crippen LogP) is 2.88. The van der Waals surface area contributed by atoms with Gasteiger partial charge in [0.15, 0.2) is 0 Å². The molecule has 0 bridgehead atoms. The van der Waals surface area contributed by atoms with Crippen LogP contribution < -0.4 is 0 Å². The number of halogens is 1. The summed E-state index contributed by atoms with van der Waals surface area (Å²) in [4.78, 5) is 25.1. The third-order valence-electron chi connectivity index (χ3n) is 4.35. The molecule has 2 rings (SSSR count). The third kappa shape index (κ3) is 4.47. The van der Waals surface area contributed by atoms with Gasteiger partial charge in [0.05, 0.1) is 24.2 Å². The van der Waals surface area contributed by atoms with Gasteiger partial charge in [-0.25, -0.2) is 9.07 Å². The van der Waals surface area contributed by atoms with Gasteiger partial charge in [-0.1, -0.05) is 0 Å². The zero-order chi connectivity index (χ0) is 19.4. The molecule has 7 heteroatoms. The van der Waals surface area contributed by atoms with Crippen LogP contribution in [0.5, 0.6) is 0 Å². The van der Waals surface area contributed by atoms with Crippen LogP contribution in [-0.4, -0.2) is 44.3 Å². The van der Waals surface area contributed by atoms with Gasteiger partial charge in [-0.15, -0.1) is 0 Å². The Kier molecular flexibility index (Phi) is 6.13. The number of amides is 1. The quantitative estimate of drug-likeness (QED) is 0.823. The highest BCUT2D eigenvalue weighted by molar-refractivity contribution is 5.80. The van der Waals surface area contributed by atoms with Gasteiger partial charge in [0, 0.05) is 23.8 Å². The molecule has 0 aliphatic rings. The van der Waals surface area contributed by atoms with Crippen LogP contribution in [0.15, 0.2) is 24.3 Å². The van der Waals surface area contributed by atoms with Crippen molar-refractivity contribution in [1.29, 1.82) is 0 Å². The van der Waals surface area contributed by atoms with E-state index in [0.29, 0.717) is 0 Å². The second-order valence-electron chi connectivity index (χ2n) is 6.54. The summed E-state index contributed by atoms with van der Waals surface area (Å²) in [5, 5.41) is 13.3. The summed E-state index contributed by atoms with van der Waals surface area (Å²) in [5.74, 6) is -1.39. The highest BCUT2D eigenvalue weighted by Gasteiger charge is 2.22. The molecule has 0 saturated carbocycles. The van der Waals surface area contributed by atoms with Crippen LogP contribution in [0.25, 0.3) is 5.69 Å². The van der Waals surface area contributed by atoms with Crippen molar-refractivity contribution in [2.45, 2.75) is 46.6 Å². The monoisotopic (exact) mass is 361 g/mol. The molecule has 2 aromatic rings. The van der Waals surface area contributed by atoms with Crippen molar-refractivity contribution in [3.05, 3.63) is 47.0 Å². The number of carboxylic acid groups (broad SMARTS) is 1. The number of carbonyl (C=O) groups is 2. The van der Waals surface area contributed by atoms with E-state index in [4.69, 9.17) is 5.11 Å². The molecule has 1 aromatic heterocycles. The summed E-state index contributed by atoms with van der Waals surface area (Å²) < 4.78 is 14.8. The molecule has 0 atom stereocenters. The summed E-state index contributed by atoms with van der Waals surface area (Å²) >= 11 is 0. The van der Waals surface area contributed by atoms with E-state index in [1.54, 1.807) is 21.7 Å². The molecule has 0 unspecified atom stereocenters. The Morgan fingerprint density at radius 2 is 1.85 bits per heavy atom. The third-order valence-corrected chi connectivity index (χ3v) is 4.35. The fourth-order valence-corrected chi connectivity index (χ4v) is 2.90. The van der Waals surface area contributed by atoms with E-state index in [2.05, 4.69) is 5.10 Å². The van der Waals surface area contributed by atoms with Crippen molar-refractivity contribution < 1.29 is 19.1 Å². The average molecular weight is 361 g/mol. The Bertz CT molecular complexity index is 797. The standard InChI is InChI=1S/C19H24FN3O3/c1-12(2)22(10-9-19(25)26)18(24)11-17-13(3)21-23(14(17)4)16-7-5-15(20)6-8-16/h5-8,12H,9-11H2,1-4H3,(H,25,26). The van der Waals surface area contributed by atoms with Crippen LogP contribution in [0.1, 0.15) is 37.2 Å². The van der Waals surface area contributed by atoms with Crippen LogP contribution in [0.4, 0.5) is 4.39 Å². The van der Waals surface area contributed by atoms with Crippen molar-refractivity contribution in [2.24, 2.45) is 0 Å². The smallest absolute Gasteiger partial charge is 0.305 e. The van der Waals surface area contributed by atoms with E-state index >= 15 is 0 Å². The molecule has 26 heavy (non-hydrogen) atoms. The van der Waals surface area contributed by atoms with Crippen molar-refractivity contribution in [3.8, 4) is 5.69 Å². The van der Waals surface area contributed by atoms with Crippen LogP contribution in [0.2, 0.25) is 0 Å². The van der Waals surface area contributed by atoms with E-state index < -0.39 is 5.97 Å². The van der Waals surface area contributed by atoms with Gasteiger partial charge in [-0.05, 0) is 52.0 Å². The molecule has 0 fully saturated rings. The fourth-order valence-electron chi connectivity index (χ4n) is 2.90. The number of aliphatic carboxylic acids is 1. The summed E-state index contributed by atoms with van der Waals surface area (Å²) in [7, 11) is 0. The Hall–Kier alpha value is -2.70. The highest BCUT2D eigenvalue weighted by Crippen LogP contribution is 2.20. The Labute approximate surface area is 152 Å². The molecule has 0 spiro atoms. The molecule has 6 nitrogen and oxygen atoms in total. The zero-order valence-electron chi connectivity index (χ0n) is 15.5. The number of rotatable bonds is 7. The van der Waals surface area contributed by atoms with Crippen LogP contribution >= 0.6 is 0 Å². The first kappa shape index (κ1) is 19.6. The van der Waals surface area contributed by atoms with Gasteiger partial charge in [-0.3, -0.25) is 9.59 Å². The lowest BCUT2D eigenvalue weighted by molar-refractivity contribution is -0.139. The molecular weight excluding hydrogens is 337 g/mol. The van der Waals surface area contributed by atoms with Gasteiger partial charge in [0.1, 0.15) is 5.82 Å². The highest BCUT2D eigenvalue weighted by atomic mass is 19.1. The van der Waals surface area contributed by atoms with Gasteiger partial charge >= 0.3 is 5.97 Å². The number of aryl methyl sites for hydroxylation is 1. The van der Waals surface area contributed by atoms with Crippen molar-refractivity contribution >= 4 is 11.9 Å². The normalized spacial score (nSPS) is 11.0. The number of nitrogens with zero attached hydrogens (tertiary/aromatic N) is 3. The first-order valence-corrected chi connectivity index (χ1v) is 8.53. The summed E-state index contributed by atoms with van der Waals surface area (Å²) in [6.07, 6.45) is 0.0629. The van der Waals surface area contributed by atoms with E-state index in [1.807, 2.05) is 27.7 Å². The number of aromatic nitrogens is 2. The van der Waals surface area contributed by atoms with Crippen LogP contribution in [-0.2, 0) is 16.0 Å². The zero-order valence-corrected chi connectivity index (χ0v) is 15.5. The Morgan fingerprint density at radius 3 is 2.38 bits per heavy atom. The number of carbonyl (C=O) groups excluding carboxylic acids is 1. The second kappa shape index (κ2) is 8.12. The minimum atomic E-state index is -0.931. The maximum Gasteiger partial charge on any atom is 0.305 e. The van der Waals surface area contributed by atoms with E-state index in [-0.39, 0.29) is 37.2 Å². The van der Waals surface area contributed by atoms with Gasteiger partial charge in [0.25, 0.3) is 0 Å². The molecule has 1 aromatic carbocycles. The number of carboxylic acids is 1. The van der Waals surface area contributed by atoms with Crippen molar-refractivity contribution in [3.63, 3.8) is 0 Å². The van der Waals surface area contributed by atoms with Crippen LogP contribution in [0, 0.1) is 19.7 Å². The van der Waals surface area contributed by atoms with E-state index in [1.165, 1.54) is 12.1 Å². The SMILES string of the molecule is Cc1nn(-c2ccc(F)cc2)c(C)c1CC(=O)N(CCC(=O)O)C(C)C. The van der Waals surface area contributed by atoms with Gasteiger partial charge in [-0.2, -0.15) is 5.10 Å². The van der Waals surface area contributed by atoms with Crippen LogP contribution in [0.3, 0.4) is 0 Å². The number of hydrogen-bond donors (Lipinski definition) is 1. The molecular formula is C19H24FN3O3. The minimum absolute atomic E-state index is 0.0866. The minimum Gasteiger partial charge on any atom is -0.481 e. The molecule has 0 aliphatic carbocycles. The first-order valence-electron chi connectivity index (χ1n) is 8.53. The first-order chi connectivity index (χ1) is 12.2. The molecule has 140 valence electrons. The molecule has 0 saturated heterocycles. The van der Waals surface area contributed by atoms with E-state index in [9.17, 15) is 14.0 Å². The Balaban J connectivity index is 2.24. The van der Waals surface area contributed by atoms with Crippen molar-refractivity contribution in [1.82, 2.24) is 14.7 Å².